The molecule has 8 heteroatoms. The van der Waals surface area contributed by atoms with Gasteiger partial charge in [0.15, 0.2) is 5.13 Å². The van der Waals surface area contributed by atoms with Crippen molar-refractivity contribution in [3.63, 3.8) is 0 Å². The van der Waals surface area contributed by atoms with Gasteiger partial charge in [0.1, 0.15) is 5.75 Å². The minimum absolute atomic E-state index is 0.0386. The van der Waals surface area contributed by atoms with Crippen LogP contribution >= 0.6 is 11.3 Å². The Kier molecular flexibility index (Phi) is 5.46. The van der Waals surface area contributed by atoms with Crippen LogP contribution in [0.4, 0.5) is 10.8 Å². The van der Waals surface area contributed by atoms with Crippen LogP contribution in [0, 0.1) is 17.0 Å². The molecule has 1 aromatic heterocycles. The van der Waals surface area contributed by atoms with Gasteiger partial charge in [-0.15, -0.1) is 11.3 Å². The molecule has 0 fully saturated rings. The molecule has 0 atom stereocenters. The number of hydrogen-bond donors (Lipinski definition) is 1. The molecule has 7 nitrogen and oxygen atoms in total. The molecule has 0 aliphatic heterocycles. The van der Waals surface area contributed by atoms with Gasteiger partial charge >= 0.3 is 0 Å². The van der Waals surface area contributed by atoms with Crippen LogP contribution in [0.25, 0.3) is 11.3 Å². The number of nitrogens with zero attached hydrogens (tertiary/aromatic N) is 2. The summed E-state index contributed by atoms with van der Waals surface area (Å²) >= 11 is 1.25. The van der Waals surface area contributed by atoms with E-state index in [1.165, 1.54) is 17.4 Å². The molecule has 2 aromatic carbocycles. The molecule has 0 spiro atoms. The number of para-hydroxylation sites is 1. The molecule has 27 heavy (non-hydrogen) atoms. The van der Waals surface area contributed by atoms with Gasteiger partial charge in [-0.25, -0.2) is 4.98 Å². The number of hydrogen-bond acceptors (Lipinski definition) is 6. The first-order valence-electron chi connectivity index (χ1n) is 8.23. The zero-order valence-electron chi connectivity index (χ0n) is 14.8. The first kappa shape index (κ1) is 18.5. The van der Waals surface area contributed by atoms with E-state index < -0.39 is 4.92 Å². The molecule has 0 aliphatic rings. The van der Waals surface area contributed by atoms with E-state index in [9.17, 15) is 14.9 Å². The van der Waals surface area contributed by atoms with E-state index in [1.54, 1.807) is 48.7 Å². The van der Waals surface area contributed by atoms with Crippen LogP contribution in [-0.4, -0.2) is 22.4 Å². The Hall–Kier alpha value is -3.26. The Morgan fingerprint density at radius 2 is 2.07 bits per heavy atom. The molecule has 138 valence electrons. The van der Waals surface area contributed by atoms with E-state index in [-0.39, 0.29) is 11.6 Å². The van der Waals surface area contributed by atoms with Crippen molar-refractivity contribution in [2.24, 2.45) is 0 Å². The number of nitro groups is 1. The minimum Gasteiger partial charge on any atom is -0.493 e. The number of ether oxygens (including phenoxy) is 1. The summed E-state index contributed by atoms with van der Waals surface area (Å²) in [7, 11) is 0. The van der Waals surface area contributed by atoms with E-state index in [0.717, 1.165) is 0 Å². The lowest BCUT2D eigenvalue weighted by Gasteiger charge is -2.08. The van der Waals surface area contributed by atoms with Gasteiger partial charge < -0.3 is 4.74 Å². The number of anilines is 1. The third kappa shape index (κ3) is 4.12. The molecular weight excluding hydrogens is 366 g/mol. The van der Waals surface area contributed by atoms with Gasteiger partial charge in [0.05, 0.1) is 22.8 Å². The highest BCUT2D eigenvalue weighted by Gasteiger charge is 2.16. The molecule has 3 rings (SSSR count). The summed E-state index contributed by atoms with van der Waals surface area (Å²) in [6.45, 7) is 3.99. The van der Waals surface area contributed by atoms with Crippen LogP contribution in [0.1, 0.15) is 22.8 Å². The van der Waals surface area contributed by atoms with Crippen molar-refractivity contribution in [3.8, 4) is 17.0 Å². The number of aryl methyl sites for hydroxylation is 1. The summed E-state index contributed by atoms with van der Waals surface area (Å²) in [5, 5.41) is 16.0. The van der Waals surface area contributed by atoms with Crippen LogP contribution in [0.15, 0.2) is 47.8 Å². The number of aromatic nitrogens is 1. The third-order valence-electron chi connectivity index (χ3n) is 3.86. The van der Waals surface area contributed by atoms with Gasteiger partial charge in [0.25, 0.3) is 11.6 Å². The average Bonchev–Trinajstić information content (AvgIpc) is 3.11. The minimum atomic E-state index is -0.418. The van der Waals surface area contributed by atoms with Gasteiger partial charge in [0.2, 0.25) is 0 Å². The lowest BCUT2D eigenvalue weighted by Crippen LogP contribution is -2.13. The van der Waals surface area contributed by atoms with Crippen LogP contribution < -0.4 is 10.1 Å². The molecule has 3 aromatic rings. The Balaban J connectivity index is 1.82. The van der Waals surface area contributed by atoms with Gasteiger partial charge in [-0.2, -0.15) is 0 Å². The van der Waals surface area contributed by atoms with Crippen LogP contribution in [0.2, 0.25) is 0 Å². The summed E-state index contributed by atoms with van der Waals surface area (Å²) in [4.78, 5) is 27.6. The highest BCUT2D eigenvalue weighted by molar-refractivity contribution is 7.14. The number of thiazole rings is 1. The molecule has 1 N–H and O–H groups in total. The van der Waals surface area contributed by atoms with E-state index in [4.69, 9.17) is 4.74 Å². The van der Waals surface area contributed by atoms with Crippen LogP contribution in [-0.2, 0) is 0 Å². The van der Waals surface area contributed by atoms with Crippen molar-refractivity contribution < 1.29 is 14.5 Å². The Labute approximate surface area is 159 Å². The molecule has 0 unspecified atom stereocenters. The van der Waals surface area contributed by atoms with E-state index in [1.807, 2.05) is 6.92 Å². The topological polar surface area (TPSA) is 94.4 Å². The Morgan fingerprint density at radius 3 is 2.81 bits per heavy atom. The first-order chi connectivity index (χ1) is 13.0. The van der Waals surface area contributed by atoms with E-state index in [0.29, 0.717) is 39.9 Å². The van der Waals surface area contributed by atoms with Gasteiger partial charge in [-0.3, -0.25) is 20.2 Å². The summed E-state index contributed by atoms with van der Waals surface area (Å²) in [5.41, 5.74) is 2.23. The number of nitrogens with one attached hydrogen (secondary N) is 1. The van der Waals surface area contributed by atoms with Crippen molar-refractivity contribution >= 4 is 28.1 Å². The zero-order valence-corrected chi connectivity index (χ0v) is 15.6. The van der Waals surface area contributed by atoms with Crippen LogP contribution in [0.3, 0.4) is 0 Å². The van der Waals surface area contributed by atoms with Crippen molar-refractivity contribution in [2.75, 3.05) is 11.9 Å². The highest BCUT2D eigenvalue weighted by atomic mass is 32.1. The van der Waals surface area contributed by atoms with Crippen LogP contribution in [0.5, 0.6) is 5.75 Å². The number of carbonyl (C=O) groups is 1. The smallest absolute Gasteiger partial charge is 0.272 e. The fourth-order valence-corrected chi connectivity index (χ4v) is 3.24. The molecule has 0 saturated carbocycles. The number of nitro benzene ring substituents is 1. The summed E-state index contributed by atoms with van der Waals surface area (Å²) in [6, 6.07) is 11.9. The van der Waals surface area contributed by atoms with E-state index in [2.05, 4.69) is 10.3 Å². The maximum absolute atomic E-state index is 12.5. The number of carbonyl (C=O) groups excluding carboxylic acids is 1. The number of benzene rings is 2. The van der Waals surface area contributed by atoms with Gasteiger partial charge in [-0.05, 0) is 26.0 Å². The number of rotatable bonds is 6. The molecule has 0 saturated heterocycles. The first-order valence-corrected chi connectivity index (χ1v) is 9.11. The molecule has 1 heterocycles. The van der Waals surface area contributed by atoms with E-state index >= 15 is 0 Å². The summed E-state index contributed by atoms with van der Waals surface area (Å²) in [5.74, 6) is 0.179. The normalized spacial score (nSPS) is 10.4. The maximum atomic E-state index is 12.5. The monoisotopic (exact) mass is 383 g/mol. The summed E-state index contributed by atoms with van der Waals surface area (Å²) in [6.07, 6.45) is 0. The molecular formula is C19H17N3O4S. The van der Waals surface area contributed by atoms with Gasteiger partial charge in [0, 0.05) is 22.6 Å². The SMILES string of the molecule is CCOc1ccccc1C(=O)Nc1nc(-c2ccc(C)c([N+](=O)[O-])c2)cs1. The maximum Gasteiger partial charge on any atom is 0.272 e. The Morgan fingerprint density at radius 1 is 1.30 bits per heavy atom. The van der Waals surface area contributed by atoms with Crippen molar-refractivity contribution in [1.29, 1.82) is 0 Å². The standard InChI is InChI=1S/C19H17N3O4S/c1-3-26-17-7-5-4-6-14(17)18(23)21-19-20-15(11-27-19)13-9-8-12(2)16(10-13)22(24)25/h4-11H,3H2,1-2H3,(H,20,21,23). The van der Waals surface area contributed by atoms with Crippen molar-refractivity contribution in [1.82, 2.24) is 4.98 Å². The predicted octanol–water partition coefficient (Wildman–Crippen LogP) is 4.68. The predicted molar refractivity (Wildman–Crippen MR) is 105 cm³/mol. The average molecular weight is 383 g/mol. The second-order valence-electron chi connectivity index (χ2n) is 5.68. The molecule has 0 radical (unpaired) electrons. The van der Waals surface area contributed by atoms with Crippen molar-refractivity contribution in [2.45, 2.75) is 13.8 Å². The highest BCUT2D eigenvalue weighted by Crippen LogP contribution is 2.30. The lowest BCUT2D eigenvalue weighted by molar-refractivity contribution is -0.385. The fourth-order valence-electron chi connectivity index (χ4n) is 2.53. The van der Waals surface area contributed by atoms with Crippen molar-refractivity contribution in [3.05, 3.63) is 69.1 Å². The molecule has 0 aliphatic carbocycles. The Bertz CT molecular complexity index is 1000. The van der Waals surface area contributed by atoms with Gasteiger partial charge in [-0.1, -0.05) is 24.3 Å². The number of amides is 1. The lowest BCUT2D eigenvalue weighted by atomic mass is 10.1. The quantitative estimate of drug-likeness (QED) is 0.493. The molecule has 1 amide bonds. The third-order valence-corrected chi connectivity index (χ3v) is 4.62. The second-order valence-corrected chi connectivity index (χ2v) is 6.54. The fraction of sp³-hybridized carbons (Fsp3) is 0.158. The zero-order chi connectivity index (χ0) is 19.4. The summed E-state index contributed by atoms with van der Waals surface area (Å²) < 4.78 is 5.48. The second kappa shape index (κ2) is 7.96. The largest absolute Gasteiger partial charge is 0.493 e. The molecule has 0 bridgehead atoms.